The van der Waals surface area contributed by atoms with E-state index < -0.39 is 0 Å². The van der Waals surface area contributed by atoms with Gasteiger partial charge in [0.1, 0.15) is 0 Å². The van der Waals surface area contributed by atoms with E-state index in [1.165, 1.54) is 22.3 Å². The van der Waals surface area contributed by atoms with Crippen molar-refractivity contribution in [1.82, 2.24) is 5.32 Å². The van der Waals surface area contributed by atoms with Crippen LogP contribution in [-0.2, 0) is 6.42 Å². The van der Waals surface area contributed by atoms with E-state index in [1.54, 1.807) is 12.1 Å². The second-order valence-electron chi connectivity index (χ2n) is 7.04. The minimum Gasteiger partial charge on any atom is -0.504 e. The monoisotopic (exact) mass is 389 g/mol. The maximum Gasteiger partial charge on any atom is 0.157 e. The van der Waals surface area contributed by atoms with E-state index in [-0.39, 0.29) is 28.5 Å². The van der Waals surface area contributed by atoms with Gasteiger partial charge < -0.3 is 15.5 Å². The zero-order valence-corrected chi connectivity index (χ0v) is 15.5. The summed E-state index contributed by atoms with van der Waals surface area (Å²) in [6.07, 6.45) is 3.16. The molecule has 0 aromatic heterocycles. The van der Waals surface area contributed by atoms with Crippen molar-refractivity contribution in [3.8, 4) is 11.5 Å². The van der Waals surface area contributed by atoms with Gasteiger partial charge in [0, 0.05) is 18.5 Å². The lowest BCUT2D eigenvalue weighted by Crippen LogP contribution is -2.45. The summed E-state index contributed by atoms with van der Waals surface area (Å²) in [5.41, 5.74) is 5.07. The van der Waals surface area contributed by atoms with Crippen molar-refractivity contribution in [2.24, 2.45) is 0 Å². The summed E-state index contributed by atoms with van der Waals surface area (Å²) in [6.45, 7) is 3.13. The Kier molecular flexibility index (Phi) is 4.88. The first-order valence-electron chi connectivity index (χ1n) is 8.46. The molecule has 0 saturated carbocycles. The predicted octanol–water partition coefficient (Wildman–Crippen LogP) is 4.16. The maximum atomic E-state index is 9.91. The average molecular weight is 390 g/mol. The Balaban J connectivity index is 0.00000169. The smallest absolute Gasteiger partial charge is 0.157 e. The third-order valence-electron chi connectivity index (χ3n) is 5.56. The van der Waals surface area contributed by atoms with Gasteiger partial charge in [0.25, 0.3) is 0 Å². The normalized spacial score (nSPS) is 25.3. The number of hydrogen-bond acceptors (Lipinski definition) is 3. The molecule has 1 aliphatic heterocycles. The largest absolute Gasteiger partial charge is 0.504 e. The van der Waals surface area contributed by atoms with Crippen LogP contribution in [0.5, 0.6) is 11.5 Å². The Morgan fingerprint density at radius 1 is 1.04 bits per heavy atom. The molecular formula is C20H24BrNO2. The Hall–Kier alpha value is -1.52. The molecule has 2 aromatic carbocycles. The molecule has 0 unspecified atom stereocenters. The fraction of sp³-hybridized carbons (Fsp3) is 0.400. The van der Waals surface area contributed by atoms with Gasteiger partial charge in [-0.3, -0.25) is 0 Å². The molecular weight excluding hydrogens is 366 g/mol. The second-order valence-corrected chi connectivity index (χ2v) is 7.04. The Labute approximate surface area is 153 Å². The molecule has 0 bridgehead atoms. The number of halogens is 1. The van der Waals surface area contributed by atoms with Crippen LogP contribution in [0.1, 0.15) is 46.9 Å². The molecule has 3 nitrogen and oxygen atoms in total. The summed E-state index contributed by atoms with van der Waals surface area (Å²) in [5.74, 6) is 0.909. The molecule has 1 fully saturated rings. The van der Waals surface area contributed by atoms with Crippen LogP contribution >= 0.6 is 17.0 Å². The van der Waals surface area contributed by atoms with Crippen LogP contribution < -0.4 is 5.32 Å². The first-order chi connectivity index (χ1) is 11.1. The van der Waals surface area contributed by atoms with E-state index in [4.69, 9.17) is 0 Å². The van der Waals surface area contributed by atoms with Crippen LogP contribution in [-0.4, -0.2) is 22.8 Å². The Morgan fingerprint density at radius 3 is 2.50 bits per heavy atom. The lowest BCUT2D eigenvalue weighted by molar-refractivity contribution is 0.292. The SMILES string of the molecule is Br.Cc1ccc([C@H]2CN[C@@H]3CCc4cc(O)c(O)cc4[C@H]3C2)cc1. The van der Waals surface area contributed by atoms with E-state index >= 15 is 0 Å². The molecule has 0 amide bonds. The van der Waals surface area contributed by atoms with Crippen LogP contribution in [0, 0.1) is 6.92 Å². The molecule has 1 heterocycles. The summed E-state index contributed by atoms with van der Waals surface area (Å²) >= 11 is 0. The first-order valence-corrected chi connectivity index (χ1v) is 8.46. The summed E-state index contributed by atoms with van der Waals surface area (Å²) in [7, 11) is 0. The third-order valence-corrected chi connectivity index (χ3v) is 5.56. The summed E-state index contributed by atoms with van der Waals surface area (Å²) in [5, 5.41) is 23.4. The van der Waals surface area contributed by atoms with Crippen molar-refractivity contribution < 1.29 is 10.2 Å². The molecule has 3 N–H and O–H groups in total. The van der Waals surface area contributed by atoms with Crippen molar-refractivity contribution in [3.63, 3.8) is 0 Å². The average Bonchev–Trinajstić information content (AvgIpc) is 2.56. The number of benzene rings is 2. The van der Waals surface area contributed by atoms with Gasteiger partial charge in [-0.25, -0.2) is 0 Å². The highest BCUT2D eigenvalue weighted by Gasteiger charge is 2.36. The summed E-state index contributed by atoms with van der Waals surface area (Å²) in [4.78, 5) is 0. The first kappa shape index (κ1) is 17.3. The van der Waals surface area contributed by atoms with E-state index in [1.807, 2.05) is 0 Å². The molecule has 4 heteroatoms. The lowest BCUT2D eigenvalue weighted by Gasteiger charge is -2.41. The molecule has 24 heavy (non-hydrogen) atoms. The molecule has 2 aromatic rings. The number of aromatic hydroxyl groups is 2. The van der Waals surface area contributed by atoms with E-state index in [0.29, 0.717) is 17.9 Å². The zero-order valence-electron chi connectivity index (χ0n) is 13.8. The number of fused-ring (bicyclic) bond motifs is 3. The number of rotatable bonds is 1. The van der Waals surface area contributed by atoms with E-state index in [9.17, 15) is 10.2 Å². The second kappa shape index (κ2) is 6.77. The molecule has 128 valence electrons. The minimum absolute atomic E-state index is 0. The number of piperidine rings is 1. The predicted molar refractivity (Wildman–Crippen MR) is 101 cm³/mol. The fourth-order valence-electron chi connectivity index (χ4n) is 4.24. The quantitative estimate of drug-likeness (QED) is 0.641. The highest BCUT2D eigenvalue weighted by molar-refractivity contribution is 8.93. The molecule has 0 radical (unpaired) electrons. The Bertz CT molecular complexity index is 729. The zero-order chi connectivity index (χ0) is 16.0. The molecule has 3 atom stereocenters. The topological polar surface area (TPSA) is 52.5 Å². The van der Waals surface area contributed by atoms with Crippen LogP contribution in [0.25, 0.3) is 0 Å². The molecule has 1 aliphatic carbocycles. The van der Waals surface area contributed by atoms with Gasteiger partial charge in [0.2, 0.25) is 0 Å². The van der Waals surface area contributed by atoms with Crippen molar-refractivity contribution >= 4 is 17.0 Å². The molecule has 0 spiro atoms. The molecule has 4 rings (SSSR count). The summed E-state index contributed by atoms with van der Waals surface area (Å²) < 4.78 is 0. The van der Waals surface area contributed by atoms with Gasteiger partial charge in [-0.2, -0.15) is 0 Å². The van der Waals surface area contributed by atoms with E-state index in [0.717, 1.165) is 25.8 Å². The highest BCUT2D eigenvalue weighted by atomic mass is 79.9. The van der Waals surface area contributed by atoms with Crippen molar-refractivity contribution in [3.05, 3.63) is 58.7 Å². The van der Waals surface area contributed by atoms with E-state index in [2.05, 4.69) is 36.5 Å². The van der Waals surface area contributed by atoms with Gasteiger partial charge in [0.15, 0.2) is 11.5 Å². The van der Waals surface area contributed by atoms with Gasteiger partial charge in [0.05, 0.1) is 0 Å². The van der Waals surface area contributed by atoms with Crippen LogP contribution in [0.2, 0.25) is 0 Å². The molecule has 1 saturated heterocycles. The number of phenols is 2. The minimum atomic E-state index is 0. The van der Waals surface area contributed by atoms with Crippen LogP contribution in [0.4, 0.5) is 0 Å². The van der Waals surface area contributed by atoms with Crippen LogP contribution in [0.3, 0.4) is 0 Å². The van der Waals surface area contributed by atoms with Crippen LogP contribution in [0.15, 0.2) is 36.4 Å². The summed E-state index contributed by atoms with van der Waals surface area (Å²) in [6, 6.07) is 12.8. The van der Waals surface area contributed by atoms with Gasteiger partial charge in [-0.15, -0.1) is 17.0 Å². The van der Waals surface area contributed by atoms with Gasteiger partial charge in [-0.05, 0) is 60.9 Å². The number of nitrogens with one attached hydrogen (secondary N) is 1. The van der Waals surface area contributed by atoms with Crippen molar-refractivity contribution in [1.29, 1.82) is 0 Å². The van der Waals surface area contributed by atoms with Crippen molar-refractivity contribution in [2.45, 2.75) is 44.1 Å². The number of phenolic OH excluding ortho intramolecular Hbond substituents is 2. The lowest BCUT2D eigenvalue weighted by atomic mass is 9.71. The fourth-order valence-corrected chi connectivity index (χ4v) is 4.24. The number of aryl methyl sites for hydroxylation is 2. The Morgan fingerprint density at radius 2 is 1.75 bits per heavy atom. The maximum absolute atomic E-state index is 9.91. The van der Waals surface area contributed by atoms with Gasteiger partial charge >= 0.3 is 0 Å². The molecule has 2 aliphatic rings. The number of hydrogen-bond donors (Lipinski definition) is 3. The third kappa shape index (κ3) is 3.05. The highest BCUT2D eigenvalue weighted by Crippen LogP contribution is 2.44. The van der Waals surface area contributed by atoms with Gasteiger partial charge in [-0.1, -0.05) is 29.8 Å². The van der Waals surface area contributed by atoms with Crippen molar-refractivity contribution in [2.75, 3.05) is 6.54 Å². The standard InChI is InChI=1S/C20H23NO2.BrH/c1-12-2-4-13(5-3-12)15-8-17-16-10-20(23)19(22)9-14(16)6-7-18(17)21-11-15;/h2-5,9-10,15,17-18,21-23H,6-8,11H2,1H3;1H/t15-,17-,18-;/m1./s1.